The van der Waals surface area contributed by atoms with Crippen LogP contribution in [-0.2, 0) is 0 Å². The van der Waals surface area contributed by atoms with E-state index < -0.39 is 0 Å². The lowest BCUT2D eigenvalue weighted by atomic mass is 10.2. The van der Waals surface area contributed by atoms with E-state index in [0.29, 0.717) is 35.3 Å². The maximum atomic E-state index is 5.78. The van der Waals surface area contributed by atoms with E-state index in [-0.39, 0.29) is 0 Å². The van der Waals surface area contributed by atoms with Gasteiger partial charge in [-0.25, -0.2) is 4.98 Å². The fourth-order valence-electron chi connectivity index (χ4n) is 1.92. The predicted molar refractivity (Wildman–Crippen MR) is 76.1 cm³/mol. The highest BCUT2D eigenvalue weighted by Crippen LogP contribution is 2.21. The summed E-state index contributed by atoms with van der Waals surface area (Å²) in [6.07, 6.45) is 1.54. The second-order valence-electron chi connectivity index (χ2n) is 4.82. The molecule has 0 saturated carbocycles. The van der Waals surface area contributed by atoms with Crippen LogP contribution in [-0.4, -0.2) is 35.1 Å². The molecule has 0 bridgehead atoms. The van der Waals surface area contributed by atoms with E-state index in [4.69, 9.17) is 22.1 Å². The number of anilines is 1. The van der Waals surface area contributed by atoms with Crippen LogP contribution in [0.25, 0.3) is 0 Å². The van der Waals surface area contributed by atoms with Crippen LogP contribution in [0.4, 0.5) is 5.69 Å². The highest BCUT2D eigenvalue weighted by molar-refractivity contribution is 6.30. The first kappa shape index (κ1) is 15.1. The Labute approximate surface area is 114 Å². The van der Waals surface area contributed by atoms with Crippen LogP contribution in [0.1, 0.15) is 27.7 Å². The Bertz CT molecular complexity index is 374. The summed E-state index contributed by atoms with van der Waals surface area (Å²) in [6.45, 7) is 10.1. The summed E-state index contributed by atoms with van der Waals surface area (Å²) < 4.78 is 5.59. The molecule has 0 fully saturated rings. The molecule has 0 aliphatic rings. The van der Waals surface area contributed by atoms with Crippen LogP contribution >= 0.6 is 11.6 Å². The number of nitrogens with two attached hydrogens (primary N) is 1. The SMILES string of the molecule is CC(C)N(CCOc1ncc(Cl)cc1N)C(C)C. The number of hydrogen-bond donors (Lipinski definition) is 1. The first-order chi connectivity index (χ1) is 8.41. The largest absolute Gasteiger partial charge is 0.475 e. The molecular formula is C13H22ClN3O. The quantitative estimate of drug-likeness (QED) is 0.864. The molecule has 0 spiro atoms. The molecule has 1 aromatic rings. The van der Waals surface area contributed by atoms with Crippen LogP contribution in [0.15, 0.2) is 12.3 Å². The molecule has 18 heavy (non-hydrogen) atoms. The smallest absolute Gasteiger partial charge is 0.237 e. The summed E-state index contributed by atoms with van der Waals surface area (Å²) in [4.78, 5) is 6.42. The molecule has 5 heteroatoms. The average Bonchev–Trinajstić information content (AvgIpc) is 2.25. The standard InChI is InChI=1S/C13H22ClN3O/c1-9(2)17(10(3)4)5-6-18-13-12(15)7-11(14)8-16-13/h7-10H,5-6,15H2,1-4H3. The molecule has 0 radical (unpaired) electrons. The Hall–Kier alpha value is -1.00. The topological polar surface area (TPSA) is 51.4 Å². The third kappa shape index (κ3) is 4.35. The van der Waals surface area contributed by atoms with Crippen LogP contribution in [0.5, 0.6) is 5.88 Å². The van der Waals surface area contributed by atoms with Gasteiger partial charge in [0, 0.05) is 24.8 Å². The molecule has 0 amide bonds. The van der Waals surface area contributed by atoms with Gasteiger partial charge in [0.2, 0.25) is 5.88 Å². The van der Waals surface area contributed by atoms with Gasteiger partial charge < -0.3 is 10.5 Å². The monoisotopic (exact) mass is 271 g/mol. The summed E-state index contributed by atoms with van der Waals surface area (Å²) in [5, 5.41) is 0.519. The van der Waals surface area contributed by atoms with Crippen molar-refractivity contribution in [3.8, 4) is 5.88 Å². The molecule has 102 valence electrons. The summed E-state index contributed by atoms with van der Waals surface area (Å²) in [7, 11) is 0. The van der Waals surface area contributed by atoms with Gasteiger partial charge in [0.25, 0.3) is 0 Å². The normalized spacial score (nSPS) is 11.6. The fraction of sp³-hybridized carbons (Fsp3) is 0.615. The van der Waals surface area contributed by atoms with Crippen molar-refractivity contribution in [1.29, 1.82) is 0 Å². The predicted octanol–water partition coefficient (Wildman–Crippen LogP) is 2.81. The summed E-state index contributed by atoms with van der Waals surface area (Å²) in [6, 6.07) is 2.63. The maximum absolute atomic E-state index is 5.78. The van der Waals surface area contributed by atoms with Gasteiger partial charge in [0.05, 0.1) is 10.7 Å². The summed E-state index contributed by atoms with van der Waals surface area (Å²) in [5.41, 5.74) is 6.25. The van der Waals surface area contributed by atoms with Crippen molar-refractivity contribution in [1.82, 2.24) is 9.88 Å². The number of rotatable bonds is 6. The zero-order valence-electron chi connectivity index (χ0n) is 11.5. The zero-order valence-corrected chi connectivity index (χ0v) is 12.2. The van der Waals surface area contributed by atoms with Gasteiger partial charge in [-0.2, -0.15) is 0 Å². The Kier molecular flexibility index (Phi) is 5.69. The summed E-state index contributed by atoms with van der Waals surface area (Å²) >= 11 is 5.78. The minimum Gasteiger partial charge on any atom is -0.475 e. The van der Waals surface area contributed by atoms with E-state index in [0.717, 1.165) is 6.54 Å². The van der Waals surface area contributed by atoms with Crippen molar-refractivity contribution < 1.29 is 4.74 Å². The van der Waals surface area contributed by atoms with Crippen LogP contribution in [0.2, 0.25) is 5.02 Å². The number of ether oxygens (including phenoxy) is 1. The Morgan fingerprint density at radius 3 is 2.44 bits per heavy atom. The van der Waals surface area contributed by atoms with Crippen molar-refractivity contribution >= 4 is 17.3 Å². The molecule has 0 aliphatic carbocycles. The summed E-state index contributed by atoms with van der Waals surface area (Å²) in [5.74, 6) is 0.451. The van der Waals surface area contributed by atoms with Crippen molar-refractivity contribution in [2.45, 2.75) is 39.8 Å². The number of nitrogens with zero attached hydrogens (tertiary/aromatic N) is 2. The highest BCUT2D eigenvalue weighted by atomic mass is 35.5. The molecule has 0 atom stereocenters. The fourth-order valence-corrected chi connectivity index (χ4v) is 2.09. The lowest BCUT2D eigenvalue weighted by Crippen LogP contribution is -2.39. The molecule has 1 rings (SSSR count). The molecule has 0 aromatic carbocycles. The van der Waals surface area contributed by atoms with E-state index in [1.807, 2.05) is 0 Å². The second kappa shape index (κ2) is 6.81. The second-order valence-corrected chi connectivity index (χ2v) is 5.26. The molecule has 4 nitrogen and oxygen atoms in total. The number of hydrogen-bond acceptors (Lipinski definition) is 4. The van der Waals surface area contributed by atoms with Gasteiger partial charge in [0.15, 0.2) is 0 Å². The molecule has 0 aliphatic heterocycles. The molecular weight excluding hydrogens is 250 g/mol. The lowest BCUT2D eigenvalue weighted by molar-refractivity contribution is 0.140. The first-order valence-electron chi connectivity index (χ1n) is 6.21. The number of nitrogen functional groups attached to an aromatic ring is 1. The molecule has 1 heterocycles. The molecule has 0 saturated heterocycles. The van der Waals surface area contributed by atoms with E-state index in [2.05, 4.69) is 37.6 Å². The number of halogens is 1. The third-order valence-corrected chi connectivity index (χ3v) is 2.97. The zero-order chi connectivity index (χ0) is 13.7. The Balaban J connectivity index is 2.50. The van der Waals surface area contributed by atoms with Crippen LogP contribution < -0.4 is 10.5 Å². The molecule has 2 N–H and O–H groups in total. The Morgan fingerprint density at radius 1 is 1.33 bits per heavy atom. The number of pyridine rings is 1. The van der Waals surface area contributed by atoms with Crippen LogP contribution in [0.3, 0.4) is 0 Å². The van der Waals surface area contributed by atoms with Gasteiger partial charge in [-0.1, -0.05) is 11.6 Å². The minimum atomic E-state index is 0.451. The van der Waals surface area contributed by atoms with Crippen molar-refractivity contribution in [2.24, 2.45) is 0 Å². The van der Waals surface area contributed by atoms with Gasteiger partial charge in [0.1, 0.15) is 6.61 Å². The van der Waals surface area contributed by atoms with E-state index in [9.17, 15) is 0 Å². The van der Waals surface area contributed by atoms with Gasteiger partial charge in [-0.3, -0.25) is 4.90 Å². The highest BCUT2D eigenvalue weighted by Gasteiger charge is 2.13. The average molecular weight is 272 g/mol. The van der Waals surface area contributed by atoms with Gasteiger partial charge in [-0.15, -0.1) is 0 Å². The van der Waals surface area contributed by atoms with E-state index in [1.54, 1.807) is 6.07 Å². The molecule has 0 unspecified atom stereocenters. The lowest BCUT2D eigenvalue weighted by Gasteiger charge is -2.30. The first-order valence-corrected chi connectivity index (χ1v) is 6.59. The molecule has 1 aromatic heterocycles. The van der Waals surface area contributed by atoms with Crippen molar-refractivity contribution in [2.75, 3.05) is 18.9 Å². The van der Waals surface area contributed by atoms with Gasteiger partial charge >= 0.3 is 0 Å². The van der Waals surface area contributed by atoms with Crippen molar-refractivity contribution in [3.63, 3.8) is 0 Å². The number of aromatic nitrogens is 1. The van der Waals surface area contributed by atoms with Crippen LogP contribution in [0, 0.1) is 0 Å². The van der Waals surface area contributed by atoms with E-state index >= 15 is 0 Å². The third-order valence-electron chi connectivity index (χ3n) is 2.76. The van der Waals surface area contributed by atoms with Gasteiger partial charge in [-0.05, 0) is 33.8 Å². The maximum Gasteiger partial charge on any atom is 0.237 e. The van der Waals surface area contributed by atoms with E-state index in [1.165, 1.54) is 6.20 Å². The van der Waals surface area contributed by atoms with Crippen molar-refractivity contribution in [3.05, 3.63) is 17.3 Å². The Morgan fingerprint density at radius 2 is 1.94 bits per heavy atom. The minimum absolute atomic E-state index is 0.451.